The third-order valence-corrected chi connectivity index (χ3v) is 4.76. The summed E-state index contributed by atoms with van der Waals surface area (Å²) in [7, 11) is 0. The van der Waals surface area contributed by atoms with E-state index in [9.17, 15) is 5.11 Å². The van der Waals surface area contributed by atoms with Crippen molar-refractivity contribution in [2.75, 3.05) is 0 Å². The van der Waals surface area contributed by atoms with Crippen molar-refractivity contribution < 1.29 is 9.84 Å². The summed E-state index contributed by atoms with van der Waals surface area (Å²) >= 11 is 3.47. The van der Waals surface area contributed by atoms with Gasteiger partial charge >= 0.3 is 0 Å². The molecule has 0 spiro atoms. The molecule has 1 aliphatic rings. The van der Waals surface area contributed by atoms with Gasteiger partial charge in [-0.25, -0.2) is 0 Å². The molecule has 4 atom stereocenters. The molecule has 3 heteroatoms. The Balaban J connectivity index is 2.12. The zero-order chi connectivity index (χ0) is 14.0. The van der Waals surface area contributed by atoms with Crippen LogP contribution in [0.2, 0.25) is 0 Å². The number of hydrogen-bond donors (Lipinski definition) is 1. The second-order valence-electron chi connectivity index (χ2n) is 5.87. The van der Waals surface area contributed by atoms with Gasteiger partial charge < -0.3 is 9.84 Å². The fraction of sp³-hybridized carbons (Fsp3) is 0.625. The first-order valence-corrected chi connectivity index (χ1v) is 7.91. The Hall–Kier alpha value is -0.540. The lowest BCUT2D eigenvalue weighted by Crippen LogP contribution is -2.29. The van der Waals surface area contributed by atoms with Crippen LogP contribution in [0, 0.1) is 11.8 Å². The van der Waals surface area contributed by atoms with Gasteiger partial charge in [0.15, 0.2) is 0 Å². The molecule has 1 N–H and O–H groups in total. The van der Waals surface area contributed by atoms with Crippen LogP contribution in [0.25, 0.3) is 0 Å². The molecule has 1 fully saturated rings. The van der Waals surface area contributed by atoms with Crippen molar-refractivity contribution in [1.29, 1.82) is 0 Å². The smallest absolute Gasteiger partial charge is 0.126 e. The minimum Gasteiger partial charge on any atom is -0.490 e. The Bertz CT molecular complexity index is 431. The van der Waals surface area contributed by atoms with E-state index in [-0.39, 0.29) is 6.10 Å². The van der Waals surface area contributed by atoms with Crippen molar-refractivity contribution in [2.45, 2.75) is 52.2 Å². The molecule has 1 aromatic carbocycles. The maximum Gasteiger partial charge on any atom is 0.126 e. The summed E-state index contributed by atoms with van der Waals surface area (Å²) in [5, 5.41) is 9.82. The van der Waals surface area contributed by atoms with Gasteiger partial charge in [0, 0.05) is 10.0 Å². The van der Waals surface area contributed by atoms with E-state index < -0.39 is 6.10 Å². The molecule has 2 nitrogen and oxygen atoms in total. The van der Waals surface area contributed by atoms with Crippen LogP contribution < -0.4 is 4.74 Å². The van der Waals surface area contributed by atoms with Gasteiger partial charge in [0.1, 0.15) is 5.75 Å². The number of rotatable bonds is 3. The van der Waals surface area contributed by atoms with E-state index in [2.05, 4.69) is 29.8 Å². The predicted octanol–water partition coefficient (Wildman–Crippen LogP) is 4.71. The molecule has 19 heavy (non-hydrogen) atoms. The van der Waals surface area contributed by atoms with Crippen LogP contribution in [0.5, 0.6) is 5.75 Å². The van der Waals surface area contributed by atoms with Crippen LogP contribution in [0.3, 0.4) is 0 Å². The zero-order valence-electron chi connectivity index (χ0n) is 11.9. The van der Waals surface area contributed by atoms with Gasteiger partial charge in [-0.15, -0.1) is 0 Å². The second kappa shape index (κ2) is 6.27. The van der Waals surface area contributed by atoms with Gasteiger partial charge in [-0.3, -0.25) is 0 Å². The van der Waals surface area contributed by atoms with Crippen LogP contribution >= 0.6 is 15.9 Å². The minimum absolute atomic E-state index is 0.276. The molecule has 0 radical (unpaired) electrons. The lowest BCUT2D eigenvalue weighted by atomic mass is 9.80. The number of halogens is 1. The van der Waals surface area contributed by atoms with Crippen LogP contribution in [0.15, 0.2) is 22.7 Å². The van der Waals surface area contributed by atoms with Gasteiger partial charge in [-0.05, 0) is 50.2 Å². The average Bonchev–Trinajstić information content (AvgIpc) is 2.33. The topological polar surface area (TPSA) is 29.5 Å². The summed E-state index contributed by atoms with van der Waals surface area (Å²) in [6.45, 7) is 6.40. The highest BCUT2D eigenvalue weighted by molar-refractivity contribution is 9.10. The van der Waals surface area contributed by atoms with Crippen LogP contribution in [-0.2, 0) is 0 Å². The summed E-state index contributed by atoms with van der Waals surface area (Å²) in [6, 6.07) is 5.84. The SMILES string of the molecule is CC1CCC(Oc2cc(Br)ccc2[C@@H](C)O)CC1C. The summed E-state index contributed by atoms with van der Waals surface area (Å²) < 4.78 is 7.15. The molecule has 0 heterocycles. The standard InChI is InChI=1S/C16H23BrO2/c1-10-4-6-14(8-11(10)2)19-16-9-13(17)5-7-15(16)12(3)18/h5,7,9-12,14,18H,4,6,8H2,1-3H3/t10?,11?,12-,14?/m1/s1. The molecule has 0 aliphatic heterocycles. The van der Waals surface area contributed by atoms with E-state index in [1.165, 1.54) is 6.42 Å². The normalized spacial score (nSPS) is 29.0. The quantitative estimate of drug-likeness (QED) is 0.871. The fourth-order valence-electron chi connectivity index (χ4n) is 2.74. The van der Waals surface area contributed by atoms with E-state index in [0.717, 1.165) is 34.5 Å². The van der Waals surface area contributed by atoms with Gasteiger partial charge in [0.25, 0.3) is 0 Å². The van der Waals surface area contributed by atoms with Crippen molar-refractivity contribution >= 4 is 15.9 Å². The molecule has 2 rings (SSSR count). The summed E-state index contributed by atoms with van der Waals surface area (Å²) in [5.41, 5.74) is 0.870. The lowest BCUT2D eigenvalue weighted by molar-refractivity contribution is 0.0957. The number of aliphatic hydroxyl groups is 1. The third kappa shape index (κ3) is 3.73. The first kappa shape index (κ1) is 14.9. The Morgan fingerprint density at radius 2 is 2.00 bits per heavy atom. The van der Waals surface area contributed by atoms with E-state index in [0.29, 0.717) is 5.92 Å². The van der Waals surface area contributed by atoms with Gasteiger partial charge in [-0.2, -0.15) is 0 Å². The number of benzene rings is 1. The molecular formula is C16H23BrO2. The highest BCUT2D eigenvalue weighted by Crippen LogP contribution is 2.35. The Kier molecular flexibility index (Phi) is 4.91. The van der Waals surface area contributed by atoms with Crippen LogP contribution in [0.4, 0.5) is 0 Å². The van der Waals surface area contributed by atoms with Crippen molar-refractivity contribution in [2.24, 2.45) is 11.8 Å². The van der Waals surface area contributed by atoms with Gasteiger partial charge in [0.05, 0.1) is 12.2 Å². The summed E-state index contributed by atoms with van der Waals surface area (Å²) in [5.74, 6) is 2.32. The number of hydrogen-bond acceptors (Lipinski definition) is 2. The maximum absolute atomic E-state index is 9.82. The molecule has 0 saturated heterocycles. The van der Waals surface area contributed by atoms with Crippen LogP contribution in [0.1, 0.15) is 51.7 Å². The molecular weight excluding hydrogens is 304 g/mol. The first-order chi connectivity index (χ1) is 8.97. The third-order valence-electron chi connectivity index (χ3n) is 4.27. The van der Waals surface area contributed by atoms with E-state index >= 15 is 0 Å². The number of aliphatic hydroxyl groups excluding tert-OH is 1. The first-order valence-electron chi connectivity index (χ1n) is 7.11. The van der Waals surface area contributed by atoms with Crippen LogP contribution in [-0.4, -0.2) is 11.2 Å². The monoisotopic (exact) mass is 326 g/mol. The number of ether oxygens (including phenoxy) is 1. The molecule has 106 valence electrons. The molecule has 0 amide bonds. The van der Waals surface area contributed by atoms with Gasteiger partial charge in [0.2, 0.25) is 0 Å². The fourth-order valence-corrected chi connectivity index (χ4v) is 3.08. The average molecular weight is 327 g/mol. The van der Waals surface area contributed by atoms with Crippen molar-refractivity contribution in [1.82, 2.24) is 0 Å². The summed E-state index contributed by atoms with van der Waals surface area (Å²) in [6.07, 6.45) is 3.22. The molecule has 1 aliphatic carbocycles. The van der Waals surface area contributed by atoms with E-state index in [1.54, 1.807) is 6.92 Å². The molecule has 3 unspecified atom stereocenters. The van der Waals surface area contributed by atoms with Crippen molar-refractivity contribution in [3.8, 4) is 5.75 Å². The predicted molar refractivity (Wildman–Crippen MR) is 81.4 cm³/mol. The Labute approximate surface area is 124 Å². The lowest BCUT2D eigenvalue weighted by Gasteiger charge is -2.33. The highest BCUT2D eigenvalue weighted by atomic mass is 79.9. The van der Waals surface area contributed by atoms with Crippen molar-refractivity contribution in [3.05, 3.63) is 28.2 Å². The Morgan fingerprint density at radius 3 is 2.63 bits per heavy atom. The highest BCUT2D eigenvalue weighted by Gasteiger charge is 2.26. The maximum atomic E-state index is 9.82. The Morgan fingerprint density at radius 1 is 1.26 bits per heavy atom. The van der Waals surface area contributed by atoms with Gasteiger partial charge in [-0.1, -0.05) is 35.8 Å². The molecule has 1 aromatic rings. The van der Waals surface area contributed by atoms with Crippen molar-refractivity contribution in [3.63, 3.8) is 0 Å². The largest absolute Gasteiger partial charge is 0.490 e. The minimum atomic E-state index is -0.497. The summed E-state index contributed by atoms with van der Waals surface area (Å²) in [4.78, 5) is 0. The van der Waals surface area contributed by atoms with E-state index in [1.807, 2.05) is 18.2 Å². The second-order valence-corrected chi connectivity index (χ2v) is 6.78. The van der Waals surface area contributed by atoms with E-state index in [4.69, 9.17) is 4.74 Å². The molecule has 1 saturated carbocycles. The zero-order valence-corrected chi connectivity index (χ0v) is 13.5. The molecule has 0 bridgehead atoms. The molecule has 0 aromatic heterocycles.